The smallest absolute Gasteiger partial charge is 0.0459 e. The molecule has 0 saturated heterocycles. The Morgan fingerprint density at radius 3 is 2.89 bits per heavy atom. The van der Waals surface area contributed by atoms with Gasteiger partial charge < -0.3 is 11.1 Å². The largest absolute Gasteiger partial charge is 0.329 e. The fourth-order valence-electron chi connectivity index (χ4n) is 1.74. The Hall–Kier alpha value is -0.390. The first-order valence-electron chi connectivity index (χ1n) is 5.61. The Kier molecular flexibility index (Phi) is 5.21. The zero-order valence-electron chi connectivity index (χ0n) is 9.70. The summed E-state index contributed by atoms with van der Waals surface area (Å²) in [5.74, 6) is 0. The minimum Gasteiger partial charge on any atom is -0.329 e. The van der Waals surface area contributed by atoms with Gasteiger partial charge in [-0.05, 0) is 35.2 Å². The van der Waals surface area contributed by atoms with E-state index in [-0.39, 0.29) is 6.04 Å². The zero-order valence-corrected chi connectivity index (χ0v) is 12.9. The summed E-state index contributed by atoms with van der Waals surface area (Å²) in [5.41, 5.74) is 6.94. The molecule has 1 heterocycles. The van der Waals surface area contributed by atoms with Crippen molar-refractivity contribution in [2.75, 3.05) is 6.54 Å². The second kappa shape index (κ2) is 6.68. The third kappa shape index (κ3) is 3.56. The van der Waals surface area contributed by atoms with Crippen LogP contribution >= 0.6 is 38.9 Å². The Balaban J connectivity index is 2.10. The van der Waals surface area contributed by atoms with Crippen molar-refractivity contribution in [2.45, 2.75) is 12.6 Å². The number of nitrogens with one attached hydrogen (secondary N) is 1. The van der Waals surface area contributed by atoms with E-state index in [0.717, 1.165) is 21.6 Å². The first-order valence-corrected chi connectivity index (χ1v) is 7.66. The maximum atomic E-state index is 6.03. The summed E-state index contributed by atoms with van der Waals surface area (Å²) in [6.07, 6.45) is 0. The lowest BCUT2D eigenvalue weighted by Gasteiger charge is -2.18. The molecular weight excluding hydrogens is 332 g/mol. The second-order valence-electron chi connectivity index (χ2n) is 3.91. The SMILES string of the molecule is NCC(NCc1cccs1)c1cc(Cl)ccc1Br. The lowest BCUT2D eigenvalue weighted by atomic mass is 10.1. The van der Waals surface area contributed by atoms with Crippen molar-refractivity contribution in [3.05, 3.63) is 55.6 Å². The third-order valence-electron chi connectivity index (χ3n) is 2.67. The van der Waals surface area contributed by atoms with Gasteiger partial charge in [0.2, 0.25) is 0 Å². The Morgan fingerprint density at radius 1 is 1.39 bits per heavy atom. The molecule has 0 spiro atoms. The van der Waals surface area contributed by atoms with Gasteiger partial charge in [0.1, 0.15) is 0 Å². The Bertz CT molecular complexity index is 502. The summed E-state index contributed by atoms with van der Waals surface area (Å²) in [6.45, 7) is 1.35. The van der Waals surface area contributed by atoms with Crippen molar-refractivity contribution in [2.24, 2.45) is 5.73 Å². The summed E-state index contributed by atoms with van der Waals surface area (Å²) >= 11 is 11.3. The average molecular weight is 346 g/mol. The van der Waals surface area contributed by atoms with Crippen molar-refractivity contribution in [3.63, 3.8) is 0 Å². The lowest BCUT2D eigenvalue weighted by Crippen LogP contribution is -2.27. The second-order valence-corrected chi connectivity index (χ2v) is 6.24. The molecule has 0 aliphatic heterocycles. The van der Waals surface area contributed by atoms with E-state index in [0.29, 0.717) is 6.54 Å². The Morgan fingerprint density at radius 2 is 2.22 bits per heavy atom. The van der Waals surface area contributed by atoms with Gasteiger partial charge in [0.05, 0.1) is 0 Å². The molecule has 1 unspecified atom stereocenters. The number of hydrogen-bond acceptors (Lipinski definition) is 3. The van der Waals surface area contributed by atoms with E-state index in [1.807, 2.05) is 18.2 Å². The van der Waals surface area contributed by atoms with Crippen molar-refractivity contribution < 1.29 is 0 Å². The first kappa shape index (κ1) is 14.0. The lowest BCUT2D eigenvalue weighted by molar-refractivity contribution is 0.543. The van der Waals surface area contributed by atoms with Gasteiger partial charge in [-0.15, -0.1) is 11.3 Å². The molecule has 1 aromatic carbocycles. The minimum absolute atomic E-state index is 0.0974. The van der Waals surface area contributed by atoms with Gasteiger partial charge in [-0.25, -0.2) is 0 Å². The molecule has 0 amide bonds. The highest BCUT2D eigenvalue weighted by Crippen LogP contribution is 2.26. The van der Waals surface area contributed by atoms with Crippen LogP contribution < -0.4 is 11.1 Å². The van der Waals surface area contributed by atoms with Crippen LogP contribution in [-0.2, 0) is 6.54 Å². The molecule has 0 fully saturated rings. The van der Waals surface area contributed by atoms with Gasteiger partial charge in [-0.3, -0.25) is 0 Å². The number of halogens is 2. The molecule has 5 heteroatoms. The predicted octanol–water partition coefficient (Wildman–Crippen LogP) is 3.95. The van der Waals surface area contributed by atoms with Gasteiger partial charge >= 0.3 is 0 Å². The Labute approximate surface area is 124 Å². The van der Waals surface area contributed by atoms with Crippen molar-refractivity contribution in [3.8, 4) is 0 Å². The molecule has 2 rings (SSSR count). The molecule has 1 atom stereocenters. The van der Waals surface area contributed by atoms with Crippen LogP contribution in [0.3, 0.4) is 0 Å². The van der Waals surface area contributed by atoms with Gasteiger partial charge in [0.15, 0.2) is 0 Å². The predicted molar refractivity (Wildman–Crippen MR) is 82.1 cm³/mol. The summed E-state index contributed by atoms with van der Waals surface area (Å²) in [5, 5.41) is 6.25. The number of benzene rings is 1. The third-order valence-corrected chi connectivity index (χ3v) is 4.51. The summed E-state index contributed by atoms with van der Waals surface area (Å²) in [6, 6.07) is 10.0. The molecule has 0 saturated carbocycles. The topological polar surface area (TPSA) is 38.0 Å². The number of rotatable bonds is 5. The highest BCUT2D eigenvalue weighted by atomic mass is 79.9. The number of nitrogens with two attached hydrogens (primary N) is 1. The van der Waals surface area contributed by atoms with Crippen LogP contribution in [0.4, 0.5) is 0 Å². The molecule has 2 nitrogen and oxygen atoms in total. The maximum absolute atomic E-state index is 6.03. The molecule has 0 aliphatic rings. The molecule has 3 N–H and O–H groups in total. The molecule has 1 aromatic heterocycles. The van der Waals surface area contributed by atoms with Crippen molar-refractivity contribution >= 4 is 38.9 Å². The summed E-state index contributed by atoms with van der Waals surface area (Å²) in [4.78, 5) is 1.30. The van der Waals surface area contributed by atoms with Crippen LogP contribution in [0.5, 0.6) is 0 Å². The van der Waals surface area contributed by atoms with Crippen molar-refractivity contribution in [1.29, 1.82) is 0 Å². The van der Waals surface area contributed by atoms with Gasteiger partial charge in [0, 0.05) is 33.5 Å². The molecule has 18 heavy (non-hydrogen) atoms. The fourth-order valence-corrected chi connectivity index (χ4v) is 3.10. The van der Waals surface area contributed by atoms with Gasteiger partial charge in [-0.1, -0.05) is 33.6 Å². The monoisotopic (exact) mass is 344 g/mol. The zero-order chi connectivity index (χ0) is 13.0. The summed E-state index contributed by atoms with van der Waals surface area (Å²) in [7, 11) is 0. The molecule has 2 aromatic rings. The first-order chi connectivity index (χ1) is 8.70. The molecule has 0 bridgehead atoms. The van der Waals surface area contributed by atoms with Gasteiger partial charge in [0.25, 0.3) is 0 Å². The quantitative estimate of drug-likeness (QED) is 0.861. The van der Waals surface area contributed by atoms with Crippen LogP contribution in [0.2, 0.25) is 5.02 Å². The van der Waals surface area contributed by atoms with Crippen LogP contribution in [-0.4, -0.2) is 6.54 Å². The van der Waals surface area contributed by atoms with E-state index >= 15 is 0 Å². The van der Waals surface area contributed by atoms with Crippen LogP contribution in [0.1, 0.15) is 16.5 Å². The highest BCUT2D eigenvalue weighted by Gasteiger charge is 2.13. The molecule has 96 valence electrons. The normalized spacial score (nSPS) is 12.6. The van der Waals surface area contributed by atoms with E-state index in [1.165, 1.54) is 4.88 Å². The van der Waals surface area contributed by atoms with E-state index < -0.39 is 0 Å². The highest BCUT2D eigenvalue weighted by molar-refractivity contribution is 9.10. The van der Waals surface area contributed by atoms with Crippen LogP contribution in [0.15, 0.2) is 40.2 Å². The van der Waals surface area contributed by atoms with Crippen LogP contribution in [0.25, 0.3) is 0 Å². The number of hydrogen-bond donors (Lipinski definition) is 2. The molecule has 0 aliphatic carbocycles. The van der Waals surface area contributed by atoms with E-state index in [9.17, 15) is 0 Å². The van der Waals surface area contributed by atoms with Crippen molar-refractivity contribution in [1.82, 2.24) is 5.32 Å². The standard InChI is InChI=1S/C13H14BrClN2S/c14-12-4-3-9(15)6-11(12)13(7-16)17-8-10-2-1-5-18-10/h1-6,13,17H,7-8,16H2. The minimum atomic E-state index is 0.0974. The maximum Gasteiger partial charge on any atom is 0.0459 e. The molecular formula is C13H14BrClN2S. The van der Waals surface area contributed by atoms with E-state index in [4.69, 9.17) is 17.3 Å². The summed E-state index contributed by atoms with van der Waals surface area (Å²) < 4.78 is 1.03. The molecule has 0 radical (unpaired) electrons. The van der Waals surface area contributed by atoms with Gasteiger partial charge in [-0.2, -0.15) is 0 Å². The van der Waals surface area contributed by atoms with Crippen LogP contribution in [0, 0.1) is 0 Å². The number of thiophene rings is 1. The fraction of sp³-hybridized carbons (Fsp3) is 0.231. The van der Waals surface area contributed by atoms with E-state index in [1.54, 1.807) is 11.3 Å². The average Bonchev–Trinajstić information content (AvgIpc) is 2.87. The van der Waals surface area contributed by atoms with E-state index in [2.05, 4.69) is 38.8 Å².